The first-order chi connectivity index (χ1) is 15.9. The van der Waals surface area contributed by atoms with Crippen molar-refractivity contribution in [3.05, 3.63) is 122 Å². The average molecular weight is 409 g/mol. The maximum absolute atomic E-state index is 4.60. The standard InChI is InChI=1S/C30H20N2/c1-3-7-21(8-4-1)25-15-17-31-29-13-11-23(19-27(25)29)24-12-14-30-28(20-24)26(16-18-32-30)22-9-5-2-6-10-22/h1-20H. The minimum Gasteiger partial charge on any atom is -0.256 e. The minimum atomic E-state index is 1.00. The van der Waals surface area contributed by atoms with Crippen molar-refractivity contribution < 1.29 is 0 Å². The number of hydrogen-bond acceptors (Lipinski definition) is 2. The van der Waals surface area contributed by atoms with E-state index in [9.17, 15) is 0 Å². The van der Waals surface area contributed by atoms with E-state index >= 15 is 0 Å². The van der Waals surface area contributed by atoms with Crippen molar-refractivity contribution in [2.75, 3.05) is 0 Å². The van der Waals surface area contributed by atoms with E-state index in [-0.39, 0.29) is 0 Å². The van der Waals surface area contributed by atoms with Crippen molar-refractivity contribution in [3.63, 3.8) is 0 Å². The van der Waals surface area contributed by atoms with Crippen LogP contribution in [0.5, 0.6) is 0 Å². The Hall–Kier alpha value is -4.30. The molecule has 2 nitrogen and oxygen atoms in total. The summed E-state index contributed by atoms with van der Waals surface area (Å²) in [5.74, 6) is 0. The fourth-order valence-corrected chi connectivity index (χ4v) is 4.39. The van der Waals surface area contributed by atoms with Crippen molar-refractivity contribution in [2.24, 2.45) is 0 Å². The van der Waals surface area contributed by atoms with E-state index in [1.807, 2.05) is 24.5 Å². The highest BCUT2D eigenvalue weighted by Gasteiger charge is 2.09. The Morgan fingerprint density at radius 3 is 1.25 bits per heavy atom. The van der Waals surface area contributed by atoms with Gasteiger partial charge in [0.15, 0.2) is 0 Å². The maximum Gasteiger partial charge on any atom is 0.0708 e. The molecule has 0 aliphatic carbocycles. The van der Waals surface area contributed by atoms with Crippen LogP contribution in [-0.2, 0) is 0 Å². The molecule has 6 rings (SSSR count). The Bertz CT molecular complexity index is 1430. The maximum atomic E-state index is 4.60. The van der Waals surface area contributed by atoms with Crippen molar-refractivity contribution in [3.8, 4) is 33.4 Å². The number of hydrogen-bond donors (Lipinski definition) is 0. The average Bonchev–Trinajstić information content (AvgIpc) is 2.88. The molecule has 0 aliphatic rings. The molecule has 2 heterocycles. The quantitative estimate of drug-likeness (QED) is 0.299. The van der Waals surface area contributed by atoms with Crippen LogP contribution in [-0.4, -0.2) is 9.97 Å². The second-order valence-corrected chi connectivity index (χ2v) is 7.91. The van der Waals surface area contributed by atoms with Gasteiger partial charge in [-0.1, -0.05) is 72.8 Å². The SMILES string of the molecule is c1ccc(-c2ccnc3ccc(-c4ccc5nccc(-c6ccccc6)c5c4)cc23)cc1. The Labute approximate surface area is 186 Å². The van der Waals surface area contributed by atoms with Gasteiger partial charge in [0.1, 0.15) is 0 Å². The molecule has 150 valence electrons. The van der Waals surface area contributed by atoms with Crippen LogP contribution in [0.2, 0.25) is 0 Å². The monoisotopic (exact) mass is 408 g/mol. The summed E-state index contributed by atoms with van der Waals surface area (Å²) in [4.78, 5) is 9.19. The topological polar surface area (TPSA) is 25.8 Å². The van der Waals surface area contributed by atoms with E-state index < -0.39 is 0 Å². The van der Waals surface area contributed by atoms with Gasteiger partial charge in [0, 0.05) is 23.2 Å². The van der Waals surface area contributed by atoms with Crippen LogP contribution in [0, 0.1) is 0 Å². The first-order valence-electron chi connectivity index (χ1n) is 10.8. The van der Waals surface area contributed by atoms with Crippen molar-refractivity contribution in [1.29, 1.82) is 0 Å². The van der Waals surface area contributed by atoms with Gasteiger partial charge in [0.25, 0.3) is 0 Å². The van der Waals surface area contributed by atoms with Crippen molar-refractivity contribution >= 4 is 21.8 Å². The Morgan fingerprint density at radius 2 is 0.812 bits per heavy atom. The Balaban J connectivity index is 1.54. The number of fused-ring (bicyclic) bond motifs is 2. The van der Waals surface area contributed by atoms with Crippen LogP contribution in [0.15, 0.2) is 122 Å². The Kier molecular flexibility index (Phi) is 4.47. The highest BCUT2D eigenvalue weighted by atomic mass is 14.7. The molecule has 0 radical (unpaired) electrons. The summed E-state index contributed by atoms with van der Waals surface area (Å²) in [7, 11) is 0. The summed E-state index contributed by atoms with van der Waals surface area (Å²) in [6.07, 6.45) is 3.77. The van der Waals surface area contributed by atoms with Crippen LogP contribution in [0.25, 0.3) is 55.2 Å². The molecule has 0 N–H and O–H groups in total. The predicted molar refractivity (Wildman–Crippen MR) is 133 cm³/mol. The van der Waals surface area contributed by atoms with Gasteiger partial charge in [-0.2, -0.15) is 0 Å². The van der Waals surface area contributed by atoms with E-state index in [1.165, 1.54) is 33.4 Å². The summed E-state index contributed by atoms with van der Waals surface area (Å²) in [5.41, 5.74) is 9.15. The van der Waals surface area contributed by atoms with Crippen LogP contribution in [0.3, 0.4) is 0 Å². The smallest absolute Gasteiger partial charge is 0.0708 e. The number of aromatic nitrogens is 2. The zero-order valence-electron chi connectivity index (χ0n) is 17.4. The van der Waals surface area contributed by atoms with E-state index in [0.29, 0.717) is 0 Å². The van der Waals surface area contributed by atoms with Crippen LogP contribution < -0.4 is 0 Å². The number of rotatable bonds is 3. The number of pyridine rings is 2. The summed E-state index contributed by atoms with van der Waals surface area (Å²) in [6, 6.07) is 38.2. The molecule has 0 atom stereocenters. The summed E-state index contributed by atoms with van der Waals surface area (Å²) >= 11 is 0. The van der Waals surface area contributed by atoms with E-state index in [2.05, 4.69) is 107 Å². The largest absolute Gasteiger partial charge is 0.256 e. The third-order valence-electron chi connectivity index (χ3n) is 5.99. The molecule has 0 amide bonds. The number of nitrogens with zero attached hydrogens (tertiary/aromatic N) is 2. The highest BCUT2D eigenvalue weighted by Crippen LogP contribution is 2.34. The molecule has 2 heteroatoms. The second kappa shape index (κ2) is 7.75. The third kappa shape index (κ3) is 3.23. The molecule has 0 aliphatic heterocycles. The van der Waals surface area contributed by atoms with Gasteiger partial charge >= 0.3 is 0 Å². The summed E-state index contributed by atoms with van der Waals surface area (Å²) in [6.45, 7) is 0. The molecule has 4 aromatic carbocycles. The second-order valence-electron chi connectivity index (χ2n) is 7.91. The molecule has 0 saturated heterocycles. The van der Waals surface area contributed by atoms with Gasteiger partial charge in [-0.3, -0.25) is 9.97 Å². The number of benzene rings is 4. The van der Waals surface area contributed by atoms with Crippen LogP contribution in [0.4, 0.5) is 0 Å². The predicted octanol–water partition coefficient (Wildman–Crippen LogP) is 7.78. The lowest BCUT2D eigenvalue weighted by Crippen LogP contribution is -1.88. The summed E-state index contributed by atoms with van der Waals surface area (Å²) in [5, 5.41) is 2.32. The van der Waals surface area contributed by atoms with E-state index in [0.717, 1.165) is 21.8 Å². The first kappa shape index (κ1) is 18.5. The Morgan fingerprint density at radius 1 is 0.375 bits per heavy atom. The summed E-state index contributed by atoms with van der Waals surface area (Å²) < 4.78 is 0. The zero-order chi connectivity index (χ0) is 21.3. The molecule has 0 spiro atoms. The van der Waals surface area contributed by atoms with Gasteiger partial charge in [0.2, 0.25) is 0 Å². The van der Waals surface area contributed by atoms with Gasteiger partial charge in [-0.25, -0.2) is 0 Å². The molecular formula is C30H20N2. The van der Waals surface area contributed by atoms with Gasteiger partial charge in [-0.05, 0) is 69.8 Å². The molecule has 0 fully saturated rings. The van der Waals surface area contributed by atoms with E-state index in [4.69, 9.17) is 0 Å². The van der Waals surface area contributed by atoms with Gasteiger partial charge in [0.05, 0.1) is 11.0 Å². The van der Waals surface area contributed by atoms with Crippen LogP contribution >= 0.6 is 0 Å². The lowest BCUT2D eigenvalue weighted by Gasteiger charge is -2.11. The molecular weight excluding hydrogens is 388 g/mol. The highest BCUT2D eigenvalue weighted by molar-refractivity contribution is 5.99. The van der Waals surface area contributed by atoms with E-state index in [1.54, 1.807) is 0 Å². The van der Waals surface area contributed by atoms with Crippen molar-refractivity contribution in [1.82, 2.24) is 9.97 Å². The molecule has 0 saturated carbocycles. The lowest BCUT2D eigenvalue weighted by atomic mass is 9.95. The minimum absolute atomic E-state index is 1.00. The fraction of sp³-hybridized carbons (Fsp3) is 0. The zero-order valence-corrected chi connectivity index (χ0v) is 17.4. The van der Waals surface area contributed by atoms with Crippen LogP contribution in [0.1, 0.15) is 0 Å². The molecule has 0 unspecified atom stereocenters. The lowest BCUT2D eigenvalue weighted by molar-refractivity contribution is 1.40. The van der Waals surface area contributed by atoms with Crippen molar-refractivity contribution in [2.45, 2.75) is 0 Å². The fourth-order valence-electron chi connectivity index (χ4n) is 4.39. The van der Waals surface area contributed by atoms with Gasteiger partial charge < -0.3 is 0 Å². The van der Waals surface area contributed by atoms with Gasteiger partial charge in [-0.15, -0.1) is 0 Å². The molecule has 2 aromatic heterocycles. The first-order valence-corrected chi connectivity index (χ1v) is 10.8. The third-order valence-corrected chi connectivity index (χ3v) is 5.99. The molecule has 6 aromatic rings. The normalized spacial score (nSPS) is 11.1. The molecule has 0 bridgehead atoms. The molecule has 32 heavy (non-hydrogen) atoms.